The lowest BCUT2D eigenvalue weighted by Crippen LogP contribution is -2.40. The van der Waals surface area contributed by atoms with Crippen LogP contribution in [0.3, 0.4) is 0 Å². The highest BCUT2D eigenvalue weighted by Crippen LogP contribution is 2.30. The Labute approximate surface area is 290 Å². The first-order chi connectivity index (χ1) is 24.4. The van der Waals surface area contributed by atoms with Crippen molar-refractivity contribution in [1.82, 2.24) is 19.4 Å². The van der Waals surface area contributed by atoms with Gasteiger partial charge in [0.25, 0.3) is 5.91 Å². The molecule has 258 valence electrons. The van der Waals surface area contributed by atoms with Crippen molar-refractivity contribution in [3.63, 3.8) is 0 Å². The quantitative estimate of drug-likeness (QED) is 0.142. The number of nitrogens with zero attached hydrogens (tertiary/aromatic N) is 7. The average molecular weight is 677 g/mol. The average Bonchev–Trinajstić information content (AvgIpc) is 3.94. The summed E-state index contributed by atoms with van der Waals surface area (Å²) in [6.45, 7) is 3.89. The molecule has 0 bridgehead atoms. The lowest BCUT2D eigenvalue weighted by molar-refractivity contribution is 0.0778. The number of aromatic nitrogens is 2. The molecule has 2 aromatic heterocycles. The van der Waals surface area contributed by atoms with Crippen LogP contribution in [0.25, 0.3) is 11.0 Å². The van der Waals surface area contributed by atoms with Crippen molar-refractivity contribution in [2.45, 2.75) is 43.8 Å². The van der Waals surface area contributed by atoms with E-state index in [1.807, 2.05) is 42.5 Å². The normalized spacial score (nSPS) is 17.0. The molecule has 11 nitrogen and oxygen atoms in total. The molecule has 0 spiro atoms. The summed E-state index contributed by atoms with van der Waals surface area (Å²) in [6, 6.07) is 22.3. The van der Waals surface area contributed by atoms with E-state index in [1.54, 1.807) is 49.9 Å². The second-order valence-corrected chi connectivity index (χ2v) is 13.0. The maximum Gasteiger partial charge on any atom is 0.257 e. The van der Waals surface area contributed by atoms with E-state index < -0.39 is 0 Å². The number of anilines is 1. The molecule has 1 saturated heterocycles. The van der Waals surface area contributed by atoms with Crippen LogP contribution in [-0.2, 0) is 6.54 Å². The van der Waals surface area contributed by atoms with E-state index in [0.717, 1.165) is 72.6 Å². The van der Waals surface area contributed by atoms with Crippen molar-refractivity contribution in [2.75, 3.05) is 45.7 Å². The second kappa shape index (κ2) is 15.0. The number of likely N-dealkylation sites (N-methyl/N-ethyl adjacent to an activating group) is 1. The number of fused-ring (bicyclic) bond motifs is 1. The summed E-state index contributed by atoms with van der Waals surface area (Å²) >= 11 is 0. The van der Waals surface area contributed by atoms with Gasteiger partial charge in [-0.25, -0.2) is 9.37 Å². The summed E-state index contributed by atoms with van der Waals surface area (Å²) < 4.78 is 27.0. The van der Waals surface area contributed by atoms with Gasteiger partial charge in [0.05, 0.1) is 49.0 Å². The van der Waals surface area contributed by atoms with Crippen molar-refractivity contribution in [1.29, 1.82) is 0 Å². The molecule has 1 amide bonds. The predicted octanol–water partition coefficient (Wildman–Crippen LogP) is 7.14. The molecule has 2 atom stereocenters. The van der Waals surface area contributed by atoms with Gasteiger partial charge in [-0.15, -0.1) is 5.10 Å². The fraction of sp³-hybridized carbons (Fsp3) is 0.342. The number of furan rings is 1. The SMILES string of the molecule is COc1ccc(C2C=NN=N2)cc1C(=O)N(C)CC(CCN1CCC(Nc2nc3ccccc3n2Cc2ccoc2)CC1)c1ccc(F)cc1. The van der Waals surface area contributed by atoms with Gasteiger partial charge in [0.15, 0.2) is 0 Å². The fourth-order valence-electron chi connectivity index (χ4n) is 6.89. The number of rotatable bonds is 13. The predicted molar refractivity (Wildman–Crippen MR) is 190 cm³/mol. The van der Waals surface area contributed by atoms with E-state index >= 15 is 0 Å². The molecule has 0 radical (unpaired) electrons. The Balaban J connectivity index is 0.995. The molecule has 5 aromatic rings. The van der Waals surface area contributed by atoms with Gasteiger partial charge in [0, 0.05) is 44.2 Å². The van der Waals surface area contributed by atoms with E-state index in [1.165, 1.54) is 12.1 Å². The van der Waals surface area contributed by atoms with Crippen molar-refractivity contribution in [2.24, 2.45) is 15.4 Å². The van der Waals surface area contributed by atoms with Crippen molar-refractivity contribution in [3.05, 3.63) is 113 Å². The number of imidazole rings is 1. The molecule has 3 aromatic carbocycles. The maximum absolute atomic E-state index is 13.9. The number of nitrogens with one attached hydrogen (secondary N) is 1. The Bertz CT molecular complexity index is 1950. The summed E-state index contributed by atoms with van der Waals surface area (Å²) in [4.78, 5) is 23.0. The van der Waals surface area contributed by atoms with Crippen LogP contribution in [0.15, 0.2) is 105 Å². The first-order valence-electron chi connectivity index (χ1n) is 17.0. The van der Waals surface area contributed by atoms with Crippen molar-refractivity contribution >= 4 is 29.1 Å². The van der Waals surface area contributed by atoms with Crippen LogP contribution in [-0.4, -0.2) is 77.9 Å². The summed E-state index contributed by atoms with van der Waals surface area (Å²) in [5.41, 5.74) is 5.41. The minimum atomic E-state index is -0.326. The van der Waals surface area contributed by atoms with Crippen LogP contribution in [0.1, 0.15) is 58.3 Å². The van der Waals surface area contributed by atoms with Gasteiger partial charge in [-0.3, -0.25) is 4.79 Å². The molecule has 4 heterocycles. The van der Waals surface area contributed by atoms with Gasteiger partial charge in [-0.2, -0.15) is 5.11 Å². The lowest BCUT2D eigenvalue weighted by Gasteiger charge is -2.34. The Morgan fingerprint density at radius 3 is 2.66 bits per heavy atom. The zero-order valence-electron chi connectivity index (χ0n) is 28.3. The third-order valence-corrected chi connectivity index (χ3v) is 9.70. The van der Waals surface area contributed by atoms with Gasteiger partial charge >= 0.3 is 0 Å². The topological polar surface area (TPSA) is 113 Å². The van der Waals surface area contributed by atoms with Crippen molar-refractivity contribution < 1.29 is 18.3 Å². The Kier molecular flexibility index (Phi) is 9.97. The van der Waals surface area contributed by atoms with E-state index in [2.05, 4.69) is 36.3 Å². The van der Waals surface area contributed by atoms with Crippen molar-refractivity contribution in [3.8, 4) is 5.75 Å². The van der Waals surface area contributed by atoms with Crippen LogP contribution < -0.4 is 10.1 Å². The number of hydrogen-bond donors (Lipinski definition) is 1. The molecular weight excluding hydrogens is 635 g/mol. The largest absolute Gasteiger partial charge is 0.496 e. The molecule has 50 heavy (non-hydrogen) atoms. The zero-order valence-corrected chi connectivity index (χ0v) is 28.3. The molecule has 1 N–H and O–H groups in total. The second-order valence-electron chi connectivity index (χ2n) is 13.0. The Morgan fingerprint density at radius 2 is 1.92 bits per heavy atom. The molecular formula is C38H41FN8O3. The Morgan fingerprint density at radius 1 is 1.10 bits per heavy atom. The molecule has 1 fully saturated rings. The molecule has 0 aliphatic carbocycles. The van der Waals surface area contributed by atoms with E-state index in [-0.39, 0.29) is 23.7 Å². The molecule has 7 rings (SSSR count). The number of amides is 1. The number of likely N-dealkylation sites (tertiary alicyclic amines) is 1. The summed E-state index contributed by atoms with van der Waals surface area (Å²) in [5, 5.41) is 15.4. The number of methoxy groups -OCH3 is 1. The zero-order chi connectivity index (χ0) is 34.5. The monoisotopic (exact) mass is 676 g/mol. The molecule has 2 aliphatic heterocycles. The summed E-state index contributed by atoms with van der Waals surface area (Å²) in [7, 11) is 3.36. The van der Waals surface area contributed by atoms with Gasteiger partial charge in [0.2, 0.25) is 5.95 Å². The standard InChI is InChI=1S/C38H41FN8O3/c1-45(37(48)32-21-28(9-12-36(32)49-2)34-22-40-44-43-34)24-29(27-7-10-30(39)11-8-27)13-17-46-18-14-31(15-19-46)41-38-42-33-5-3-4-6-35(33)47(38)23-26-16-20-50-25-26/h3-12,16,20-22,25,29,31,34H,13-15,17-19,23-24H2,1-2H3,(H,41,42). The van der Waals surface area contributed by atoms with Crippen LogP contribution in [0, 0.1) is 5.82 Å². The smallest absolute Gasteiger partial charge is 0.257 e. The third kappa shape index (κ3) is 7.45. The summed E-state index contributed by atoms with van der Waals surface area (Å²) in [6.07, 6.45) is 7.90. The van der Waals surface area contributed by atoms with Gasteiger partial charge in [0.1, 0.15) is 17.6 Å². The van der Waals surface area contributed by atoms with Gasteiger partial charge in [-0.1, -0.05) is 30.3 Å². The highest BCUT2D eigenvalue weighted by atomic mass is 19.1. The van der Waals surface area contributed by atoms with E-state index in [4.69, 9.17) is 14.1 Å². The molecule has 2 aliphatic rings. The minimum Gasteiger partial charge on any atom is -0.496 e. The van der Waals surface area contributed by atoms with Gasteiger partial charge in [-0.05, 0) is 84.6 Å². The van der Waals surface area contributed by atoms with Crippen LogP contribution >= 0.6 is 0 Å². The minimum absolute atomic E-state index is 0.00756. The molecule has 0 saturated carbocycles. The molecule has 2 unspecified atom stereocenters. The number of piperidine rings is 1. The fourth-order valence-corrected chi connectivity index (χ4v) is 6.89. The first kappa shape index (κ1) is 33.2. The molecule has 12 heteroatoms. The maximum atomic E-state index is 13.9. The van der Waals surface area contributed by atoms with E-state index in [0.29, 0.717) is 30.4 Å². The number of carbonyl (C=O) groups is 1. The highest BCUT2D eigenvalue weighted by Gasteiger charge is 2.26. The number of hydrogen-bond acceptors (Lipinski definition) is 9. The number of carbonyl (C=O) groups excluding carboxylic acids is 1. The number of halogens is 1. The lowest BCUT2D eigenvalue weighted by atomic mass is 9.93. The van der Waals surface area contributed by atoms with Crippen LogP contribution in [0.2, 0.25) is 0 Å². The number of para-hydroxylation sites is 2. The third-order valence-electron chi connectivity index (χ3n) is 9.70. The first-order valence-corrected chi connectivity index (χ1v) is 17.0. The summed E-state index contributed by atoms with van der Waals surface area (Å²) in [5.74, 6) is 0.933. The number of ether oxygens (including phenoxy) is 1. The van der Waals surface area contributed by atoms with Crippen LogP contribution in [0.4, 0.5) is 10.3 Å². The van der Waals surface area contributed by atoms with E-state index in [9.17, 15) is 9.18 Å². The van der Waals surface area contributed by atoms with Crippen LogP contribution in [0.5, 0.6) is 5.75 Å². The van der Waals surface area contributed by atoms with Gasteiger partial charge < -0.3 is 28.8 Å². The number of benzene rings is 3. The highest BCUT2D eigenvalue weighted by molar-refractivity contribution is 5.97. The Hall–Kier alpha value is -5.36.